The molecule has 6 rings (SSSR count). The number of carbonyl (C=O) groups excluding carboxylic acids is 1. The van der Waals surface area contributed by atoms with Gasteiger partial charge < -0.3 is 14.2 Å². The maximum absolute atomic E-state index is 14.2. The monoisotopic (exact) mass is 684 g/mol. The van der Waals surface area contributed by atoms with Gasteiger partial charge in [-0.15, -0.1) is 0 Å². The number of hydrogen-bond donors (Lipinski definition) is 0. The van der Waals surface area contributed by atoms with Crippen molar-refractivity contribution in [3.8, 4) is 11.5 Å². The zero-order valence-electron chi connectivity index (χ0n) is 25.6. The van der Waals surface area contributed by atoms with Crippen LogP contribution in [0.25, 0.3) is 11.8 Å². The molecular weight excluding hydrogens is 655 g/mol. The molecule has 0 fully saturated rings. The Balaban J connectivity index is 1.48. The molecule has 1 aliphatic heterocycles. The quantitative estimate of drug-likeness (QED) is 0.145. The number of benzene rings is 4. The van der Waals surface area contributed by atoms with E-state index in [1.165, 1.54) is 11.3 Å². The van der Waals surface area contributed by atoms with Crippen LogP contribution in [0.5, 0.6) is 11.5 Å². The van der Waals surface area contributed by atoms with Crippen molar-refractivity contribution in [2.45, 2.75) is 26.5 Å². The van der Waals surface area contributed by atoms with Crippen LogP contribution >= 0.6 is 34.5 Å². The Morgan fingerprint density at radius 1 is 0.915 bits per heavy atom. The van der Waals surface area contributed by atoms with Crippen LogP contribution in [-0.2, 0) is 16.1 Å². The van der Waals surface area contributed by atoms with Crippen molar-refractivity contribution in [2.24, 2.45) is 4.99 Å². The maximum Gasteiger partial charge on any atom is 0.338 e. The predicted octanol–water partition coefficient (Wildman–Crippen LogP) is 7.22. The SMILES string of the molecule is CCOC(=O)C1=C(c2ccccc2)N=c2s/c(=C\c3cc(Cl)c(OCc4ccc(Cl)cc4)c(OCC)c3)c(=O)n2[C@H]1c1ccccc1. The molecule has 5 aromatic rings. The topological polar surface area (TPSA) is 79.1 Å². The lowest BCUT2D eigenvalue weighted by molar-refractivity contribution is -0.138. The van der Waals surface area contributed by atoms with Gasteiger partial charge in [-0.25, -0.2) is 9.79 Å². The van der Waals surface area contributed by atoms with E-state index in [0.29, 0.717) is 54.3 Å². The fourth-order valence-corrected chi connectivity index (χ4v) is 6.75. The van der Waals surface area contributed by atoms with Crippen molar-refractivity contribution in [3.63, 3.8) is 0 Å². The Kier molecular flexibility index (Phi) is 9.92. The zero-order chi connectivity index (χ0) is 32.9. The molecule has 0 bridgehead atoms. The Hall–Kier alpha value is -4.63. The fraction of sp³-hybridized carbons (Fsp3) is 0.162. The van der Waals surface area contributed by atoms with E-state index >= 15 is 0 Å². The van der Waals surface area contributed by atoms with Crippen molar-refractivity contribution in [3.05, 3.63) is 155 Å². The van der Waals surface area contributed by atoms with Gasteiger partial charge in [0.25, 0.3) is 5.56 Å². The molecule has 7 nitrogen and oxygen atoms in total. The highest BCUT2D eigenvalue weighted by Gasteiger charge is 2.35. The molecule has 0 saturated heterocycles. The molecule has 0 amide bonds. The summed E-state index contributed by atoms with van der Waals surface area (Å²) in [6.45, 7) is 4.45. The lowest BCUT2D eigenvalue weighted by Crippen LogP contribution is -2.39. The molecule has 0 N–H and O–H groups in total. The molecule has 4 aromatic carbocycles. The van der Waals surface area contributed by atoms with Crippen LogP contribution in [-0.4, -0.2) is 23.8 Å². The third kappa shape index (κ3) is 6.90. The van der Waals surface area contributed by atoms with Crippen LogP contribution in [0.1, 0.15) is 42.1 Å². The number of carbonyl (C=O) groups is 1. The molecule has 47 heavy (non-hydrogen) atoms. The van der Waals surface area contributed by atoms with E-state index in [2.05, 4.69) is 0 Å². The Labute approximate surface area is 285 Å². The van der Waals surface area contributed by atoms with Gasteiger partial charge >= 0.3 is 5.97 Å². The number of aromatic nitrogens is 1. The minimum Gasteiger partial charge on any atom is -0.490 e. The molecule has 0 spiro atoms. The Morgan fingerprint density at radius 3 is 2.30 bits per heavy atom. The first kappa shape index (κ1) is 32.3. The fourth-order valence-electron chi connectivity index (χ4n) is 5.35. The predicted molar refractivity (Wildman–Crippen MR) is 186 cm³/mol. The molecule has 0 aliphatic carbocycles. The van der Waals surface area contributed by atoms with Gasteiger partial charge in [0.1, 0.15) is 6.61 Å². The second-order valence-electron chi connectivity index (χ2n) is 10.5. The summed E-state index contributed by atoms with van der Waals surface area (Å²) >= 11 is 14.0. The summed E-state index contributed by atoms with van der Waals surface area (Å²) in [7, 11) is 0. The molecule has 1 aliphatic rings. The van der Waals surface area contributed by atoms with E-state index in [4.69, 9.17) is 42.4 Å². The van der Waals surface area contributed by atoms with Gasteiger partial charge in [-0.2, -0.15) is 0 Å². The summed E-state index contributed by atoms with van der Waals surface area (Å²) in [5.74, 6) is 0.324. The number of rotatable bonds is 10. The van der Waals surface area contributed by atoms with Crippen LogP contribution in [0.3, 0.4) is 0 Å². The van der Waals surface area contributed by atoms with E-state index in [1.54, 1.807) is 41.8 Å². The van der Waals surface area contributed by atoms with Crippen LogP contribution in [0.4, 0.5) is 0 Å². The van der Waals surface area contributed by atoms with Gasteiger partial charge in [0.2, 0.25) is 0 Å². The maximum atomic E-state index is 14.2. The highest BCUT2D eigenvalue weighted by atomic mass is 35.5. The number of hydrogen-bond acceptors (Lipinski definition) is 7. The third-order valence-corrected chi connectivity index (χ3v) is 8.93. The molecule has 0 unspecified atom stereocenters. The van der Waals surface area contributed by atoms with Gasteiger partial charge in [0, 0.05) is 10.6 Å². The van der Waals surface area contributed by atoms with Crippen molar-refractivity contribution >= 4 is 52.3 Å². The van der Waals surface area contributed by atoms with Crippen LogP contribution < -0.4 is 24.4 Å². The van der Waals surface area contributed by atoms with Gasteiger partial charge in [-0.1, -0.05) is 107 Å². The summed E-state index contributed by atoms with van der Waals surface area (Å²) in [4.78, 5) is 33.2. The largest absolute Gasteiger partial charge is 0.490 e. The van der Waals surface area contributed by atoms with Crippen LogP contribution in [0.15, 0.2) is 112 Å². The van der Waals surface area contributed by atoms with Gasteiger partial charge in [-0.05, 0) is 60.9 Å². The third-order valence-electron chi connectivity index (χ3n) is 7.41. The second kappa shape index (κ2) is 14.4. The number of halogens is 2. The number of fused-ring (bicyclic) bond motifs is 1. The smallest absolute Gasteiger partial charge is 0.338 e. The minimum absolute atomic E-state index is 0.179. The van der Waals surface area contributed by atoms with Gasteiger partial charge in [-0.3, -0.25) is 9.36 Å². The molecule has 1 atom stereocenters. The number of nitrogens with zero attached hydrogens (tertiary/aromatic N) is 2. The highest BCUT2D eigenvalue weighted by molar-refractivity contribution is 7.07. The Bertz CT molecular complexity index is 2130. The molecule has 0 radical (unpaired) electrons. The summed E-state index contributed by atoms with van der Waals surface area (Å²) in [6.07, 6.45) is 1.75. The zero-order valence-corrected chi connectivity index (χ0v) is 27.9. The van der Waals surface area contributed by atoms with Crippen LogP contribution in [0, 0.1) is 0 Å². The minimum atomic E-state index is -0.755. The first-order valence-corrected chi connectivity index (χ1v) is 16.6. The number of ether oxygens (including phenoxy) is 3. The van der Waals surface area contributed by atoms with E-state index in [1.807, 2.05) is 79.7 Å². The summed E-state index contributed by atoms with van der Waals surface area (Å²) in [6, 6.07) is 29.0. The summed E-state index contributed by atoms with van der Waals surface area (Å²) in [5.41, 5.74) is 3.54. The average Bonchev–Trinajstić information content (AvgIpc) is 3.39. The van der Waals surface area contributed by atoms with E-state index in [0.717, 1.165) is 16.7 Å². The normalized spacial score (nSPS) is 14.4. The standard InChI is InChI=1S/C37H30Cl2N2O5S/c1-3-44-29-20-24(19-28(39)34(29)46-22-23-15-17-27(38)18-16-23)21-30-35(42)41-33(26-13-9-6-10-14-26)31(36(43)45-4-2)32(40-37(41)47-30)25-11-7-5-8-12-25/h5-21,33H,3-4,22H2,1-2H3/b30-21-/t33-/m0/s1. The molecule has 238 valence electrons. The molecule has 10 heteroatoms. The van der Waals surface area contributed by atoms with Crippen molar-refractivity contribution in [1.82, 2.24) is 4.57 Å². The second-order valence-corrected chi connectivity index (χ2v) is 12.4. The van der Waals surface area contributed by atoms with E-state index in [-0.39, 0.29) is 18.8 Å². The lowest BCUT2D eigenvalue weighted by Gasteiger charge is -2.25. The van der Waals surface area contributed by atoms with Crippen molar-refractivity contribution in [2.75, 3.05) is 13.2 Å². The van der Waals surface area contributed by atoms with Gasteiger partial charge in [0.05, 0.1) is 40.1 Å². The average molecular weight is 686 g/mol. The van der Waals surface area contributed by atoms with Crippen LogP contribution in [0.2, 0.25) is 10.0 Å². The molecule has 2 heterocycles. The van der Waals surface area contributed by atoms with Gasteiger partial charge in [0.15, 0.2) is 16.3 Å². The Morgan fingerprint density at radius 2 is 1.62 bits per heavy atom. The molecule has 0 saturated carbocycles. The van der Waals surface area contributed by atoms with E-state index in [9.17, 15) is 9.59 Å². The lowest BCUT2D eigenvalue weighted by atomic mass is 9.93. The first-order chi connectivity index (χ1) is 22.9. The summed E-state index contributed by atoms with van der Waals surface area (Å²) in [5, 5.41) is 0.974. The van der Waals surface area contributed by atoms with E-state index < -0.39 is 12.0 Å². The number of esters is 1. The molecule has 1 aromatic heterocycles. The summed E-state index contributed by atoms with van der Waals surface area (Å²) < 4.78 is 19.5. The highest BCUT2D eigenvalue weighted by Crippen LogP contribution is 2.38. The first-order valence-electron chi connectivity index (χ1n) is 15.0. The molecular formula is C37H30Cl2N2O5S. The number of thiazole rings is 1. The van der Waals surface area contributed by atoms with Crippen molar-refractivity contribution < 1.29 is 19.0 Å². The van der Waals surface area contributed by atoms with Crippen molar-refractivity contribution in [1.29, 1.82) is 0 Å².